The van der Waals surface area contributed by atoms with Crippen molar-refractivity contribution in [2.24, 2.45) is 0 Å². The number of aromatic nitrogens is 4. The first-order valence-corrected chi connectivity index (χ1v) is 12.2. The smallest absolute Gasteiger partial charge is 0.413 e. The number of alkyl carbamates (subject to hydrolysis) is 1. The number of hydrogen-bond donors (Lipinski definition) is 3. The maximum Gasteiger partial charge on any atom is 0.413 e. The van der Waals surface area contributed by atoms with Gasteiger partial charge in [-0.25, -0.2) is 24.5 Å². The van der Waals surface area contributed by atoms with Crippen LogP contribution in [0.2, 0.25) is 0 Å². The molecule has 0 aliphatic carbocycles. The highest BCUT2D eigenvalue weighted by Crippen LogP contribution is 2.31. The number of anilines is 1. The van der Waals surface area contributed by atoms with Gasteiger partial charge in [-0.15, -0.1) is 0 Å². The van der Waals surface area contributed by atoms with E-state index >= 15 is 0 Å². The van der Waals surface area contributed by atoms with Gasteiger partial charge in [0.25, 0.3) is 0 Å². The molecule has 206 valence electrons. The normalized spacial score (nSPS) is 17.2. The van der Waals surface area contributed by atoms with Crippen LogP contribution in [-0.4, -0.2) is 78.3 Å². The molecule has 4 rings (SSSR count). The zero-order valence-corrected chi connectivity index (χ0v) is 21.7. The molecule has 1 fully saturated rings. The highest BCUT2D eigenvalue weighted by Gasteiger charge is 2.42. The number of carbonyl (C=O) groups is 4. The summed E-state index contributed by atoms with van der Waals surface area (Å²) in [5.74, 6) is -1.57. The molecule has 14 heteroatoms. The third-order valence-corrected chi connectivity index (χ3v) is 5.82. The van der Waals surface area contributed by atoms with Crippen LogP contribution < -0.4 is 10.6 Å². The van der Waals surface area contributed by atoms with Gasteiger partial charge in [-0.05, 0) is 32.8 Å². The number of aliphatic carboxylic acids is 1. The second-order valence-corrected chi connectivity index (χ2v) is 9.88. The minimum atomic E-state index is -1.19. The van der Waals surface area contributed by atoms with Crippen molar-refractivity contribution in [3.8, 4) is 0 Å². The summed E-state index contributed by atoms with van der Waals surface area (Å²) in [5.41, 5.74) is 0.583. The molecule has 1 aromatic carbocycles. The number of likely N-dealkylation sites (tertiary alicyclic amines) is 1. The van der Waals surface area contributed by atoms with Crippen LogP contribution in [-0.2, 0) is 25.7 Å². The lowest BCUT2D eigenvalue weighted by Crippen LogP contribution is -2.45. The Labute approximate surface area is 223 Å². The molecule has 3 N–H and O–H groups in total. The number of ether oxygens (including phenoxy) is 2. The summed E-state index contributed by atoms with van der Waals surface area (Å²) in [4.78, 5) is 63.0. The van der Waals surface area contributed by atoms with Crippen LogP contribution in [0.1, 0.15) is 38.8 Å². The predicted molar refractivity (Wildman–Crippen MR) is 137 cm³/mol. The van der Waals surface area contributed by atoms with Crippen molar-refractivity contribution in [3.63, 3.8) is 0 Å². The summed E-state index contributed by atoms with van der Waals surface area (Å²) in [6, 6.07) is 7.70. The fourth-order valence-corrected chi connectivity index (χ4v) is 4.18. The number of benzene rings is 1. The minimum absolute atomic E-state index is 0.00783. The van der Waals surface area contributed by atoms with Crippen LogP contribution in [0.25, 0.3) is 11.2 Å². The lowest BCUT2D eigenvalue weighted by atomic mass is 10.1. The van der Waals surface area contributed by atoms with Crippen molar-refractivity contribution < 1.29 is 33.8 Å². The minimum Gasteiger partial charge on any atom is -0.480 e. The van der Waals surface area contributed by atoms with Crippen LogP contribution >= 0.6 is 0 Å². The average Bonchev–Trinajstić information content (AvgIpc) is 3.42. The van der Waals surface area contributed by atoms with Crippen LogP contribution in [0.5, 0.6) is 0 Å². The number of carboxylic acid groups (broad SMARTS) is 1. The fraction of sp³-hybridized carbons (Fsp3) is 0.400. The van der Waals surface area contributed by atoms with E-state index < -0.39 is 48.3 Å². The van der Waals surface area contributed by atoms with E-state index in [1.54, 1.807) is 20.8 Å². The summed E-state index contributed by atoms with van der Waals surface area (Å²) >= 11 is 0. The van der Waals surface area contributed by atoms with E-state index in [1.807, 2.05) is 30.3 Å². The zero-order chi connectivity index (χ0) is 28.2. The van der Waals surface area contributed by atoms with Crippen molar-refractivity contribution in [2.75, 3.05) is 18.4 Å². The second kappa shape index (κ2) is 11.3. The Hall–Kier alpha value is -4.75. The fourth-order valence-electron chi connectivity index (χ4n) is 4.18. The van der Waals surface area contributed by atoms with E-state index in [2.05, 4.69) is 25.6 Å². The number of carboxylic acids is 1. The van der Waals surface area contributed by atoms with E-state index in [1.165, 1.54) is 22.1 Å². The molecule has 3 amide bonds. The zero-order valence-electron chi connectivity index (χ0n) is 21.7. The van der Waals surface area contributed by atoms with Gasteiger partial charge in [0.2, 0.25) is 5.91 Å². The molecule has 0 spiro atoms. The number of nitrogens with zero attached hydrogens (tertiary/aromatic N) is 5. The van der Waals surface area contributed by atoms with Crippen LogP contribution in [0.4, 0.5) is 15.4 Å². The molecule has 3 aromatic rings. The Morgan fingerprint density at radius 3 is 2.54 bits per heavy atom. The van der Waals surface area contributed by atoms with Gasteiger partial charge in [0.05, 0.1) is 12.4 Å². The van der Waals surface area contributed by atoms with E-state index in [9.17, 15) is 24.3 Å². The summed E-state index contributed by atoms with van der Waals surface area (Å²) in [5, 5.41) is 14.5. The van der Waals surface area contributed by atoms with Gasteiger partial charge >= 0.3 is 18.2 Å². The SMILES string of the molecule is CC(C)(C)OC(=O)NC[C@H]1C[C@H](n2cnc3c(NC(=O)OCc4ccccc4)ncnc32)C(=O)N1CC(=O)O. The number of fused-ring (bicyclic) bond motifs is 1. The van der Waals surface area contributed by atoms with Gasteiger partial charge < -0.3 is 29.4 Å². The molecule has 0 saturated carbocycles. The summed E-state index contributed by atoms with van der Waals surface area (Å²) in [6.07, 6.45) is 1.35. The van der Waals surface area contributed by atoms with Gasteiger partial charge in [0, 0.05) is 6.54 Å². The summed E-state index contributed by atoms with van der Waals surface area (Å²) < 4.78 is 12.0. The van der Waals surface area contributed by atoms with Gasteiger partial charge in [-0.3, -0.25) is 14.9 Å². The van der Waals surface area contributed by atoms with Gasteiger partial charge in [0.1, 0.15) is 31.1 Å². The third kappa shape index (κ3) is 6.77. The molecule has 1 aliphatic heterocycles. The van der Waals surface area contributed by atoms with Crippen molar-refractivity contribution in [3.05, 3.63) is 48.5 Å². The number of imidazole rings is 1. The molecule has 0 radical (unpaired) electrons. The second-order valence-electron chi connectivity index (χ2n) is 9.88. The maximum absolute atomic E-state index is 13.3. The maximum atomic E-state index is 13.3. The Morgan fingerprint density at radius 1 is 1.10 bits per heavy atom. The van der Waals surface area contributed by atoms with Crippen molar-refractivity contribution in [2.45, 2.75) is 51.5 Å². The van der Waals surface area contributed by atoms with Gasteiger partial charge in [-0.1, -0.05) is 30.3 Å². The lowest BCUT2D eigenvalue weighted by Gasteiger charge is -2.24. The van der Waals surface area contributed by atoms with E-state index in [0.717, 1.165) is 5.56 Å². The number of amides is 3. The highest BCUT2D eigenvalue weighted by atomic mass is 16.6. The number of rotatable bonds is 8. The van der Waals surface area contributed by atoms with E-state index in [-0.39, 0.29) is 36.6 Å². The van der Waals surface area contributed by atoms with E-state index in [4.69, 9.17) is 9.47 Å². The first-order valence-electron chi connectivity index (χ1n) is 12.2. The molecule has 39 heavy (non-hydrogen) atoms. The Kier molecular flexibility index (Phi) is 7.93. The molecule has 0 bridgehead atoms. The topological polar surface area (TPSA) is 178 Å². The molecule has 3 heterocycles. The number of carbonyl (C=O) groups excluding carboxylic acids is 3. The molecule has 14 nitrogen and oxygen atoms in total. The largest absolute Gasteiger partial charge is 0.480 e. The Morgan fingerprint density at radius 2 is 1.85 bits per heavy atom. The standard InChI is InChI=1S/C25H29N7O7/c1-25(2,3)39-23(36)26-10-16-9-17(22(35)31(16)11-18(33)34)32-14-29-19-20(27-13-28-21(19)32)30-24(37)38-12-15-7-5-4-6-8-15/h4-8,13-14,16-17H,9-12H2,1-3H3,(H,26,36)(H,33,34)(H,27,28,30,37)/t16-,17+/m1/s1. The first kappa shape index (κ1) is 27.3. The summed E-state index contributed by atoms with van der Waals surface area (Å²) in [6.45, 7) is 4.66. The van der Waals surface area contributed by atoms with Crippen LogP contribution in [0.3, 0.4) is 0 Å². The van der Waals surface area contributed by atoms with Crippen molar-refractivity contribution in [1.82, 2.24) is 29.7 Å². The molecular weight excluding hydrogens is 510 g/mol. The molecule has 0 unspecified atom stereocenters. The van der Waals surface area contributed by atoms with Crippen LogP contribution in [0.15, 0.2) is 43.0 Å². The van der Waals surface area contributed by atoms with Crippen LogP contribution in [0, 0.1) is 0 Å². The third-order valence-electron chi connectivity index (χ3n) is 5.82. The number of hydrogen-bond acceptors (Lipinski definition) is 9. The van der Waals surface area contributed by atoms with Crippen molar-refractivity contribution >= 4 is 41.0 Å². The molecule has 2 atom stereocenters. The quantitative estimate of drug-likeness (QED) is 0.385. The highest BCUT2D eigenvalue weighted by molar-refractivity contribution is 5.94. The van der Waals surface area contributed by atoms with Crippen molar-refractivity contribution in [1.29, 1.82) is 0 Å². The first-order chi connectivity index (χ1) is 18.5. The van der Waals surface area contributed by atoms with Gasteiger partial charge in [0.15, 0.2) is 17.0 Å². The molecular formula is C25H29N7O7. The van der Waals surface area contributed by atoms with E-state index in [0.29, 0.717) is 0 Å². The molecule has 1 saturated heterocycles. The average molecular weight is 540 g/mol. The monoisotopic (exact) mass is 539 g/mol. The Balaban J connectivity index is 1.49. The number of nitrogens with one attached hydrogen (secondary N) is 2. The lowest BCUT2D eigenvalue weighted by molar-refractivity contribution is -0.144. The molecule has 1 aliphatic rings. The van der Waals surface area contributed by atoms with Gasteiger partial charge in [-0.2, -0.15) is 0 Å². The molecule has 2 aromatic heterocycles. The predicted octanol–water partition coefficient (Wildman–Crippen LogP) is 2.33. The Bertz CT molecular complexity index is 1370. The summed E-state index contributed by atoms with van der Waals surface area (Å²) in [7, 11) is 0.